The van der Waals surface area contributed by atoms with Crippen molar-refractivity contribution < 1.29 is 4.74 Å². The van der Waals surface area contributed by atoms with E-state index in [9.17, 15) is 0 Å². The number of aromatic nitrogens is 2. The van der Waals surface area contributed by atoms with Crippen molar-refractivity contribution in [3.8, 4) is 5.88 Å². The summed E-state index contributed by atoms with van der Waals surface area (Å²) >= 11 is 13.5. The highest BCUT2D eigenvalue weighted by molar-refractivity contribution is 7.99. The zero-order valence-electron chi connectivity index (χ0n) is 10.7. The molecule has 6 heteroatoms. The van der Waals surface area contributed by atoms with Crippen LogP contribution in [0.1, 0.15) is 11.5 Å². The highest BCUT2D eigenvalue weighted by atomic mass is 35.5. The summed E-state index contributed by atoms with van der Waals surface area (Å²) in [5.74, 6) is 1.24. The van der Waals surface area contributed by atoms with Crippen molar-refractivity contribution in [1.29, 1.82) is 0 Å². The van der Waals surface area contributed by atoms with Crippen LogP contribution in [-0.2, 0) is 0 Å². The van der Waals surface area contributed by atoms with E-state index in [1.165, 1.54) is 11.8 Å². The maximum atomic E-state index is 6.17. The molecule has 100 valence electrons. The Labute approximate surface area is 126 Å². The van der Waals surface area contributed by atoms with Crippen LogP contribution in [0.4, 0.5) is 0 Å². The van der Waals surface area contributed by atoms with Gasteiger partial charge in [-0.3, -0.25) is 0 Å². The fourth-order valence-electron chi connectivity index (χ4n) is 1.59. The number of benzene rings is 1. The number of hydrogen-bond donors (Lipinski definition) is 0. The van der Waals surface area contributed by atoms with E-state index in [2.05, 4.69) is 9.97 Å². The van der Waals surface area contributed by atoms with Gasteiger partial charge in [0.1, 0.15) is 5.82 Å². The molecule has 0 saturated heterocycles. The molecule has 0 atom stereocenters. The molecule has 1 aromatic heterocycles. The van der Waals surface area contributed by atoms with Crippen LogP contribution in [0.15, 0.2) is 28.0 Å². The van der Waals surface area contributed by atoms with E-state index in [-0.39, 0.29) is 0 Å². The maximum absolute atomic E-state index is 6.17. The van der Waals surface area contributed by atoms with Crippen LogP contribution in [0, 0.1) is 13.8 Å². The predicted octanol–water partition coefficient (Wildman–Crippen LogP) is 4.56. The van der Waals surface area contributed by atoms with Gasteiger partial charge in [0.2, 0.25) is 5.88 Å². The molecule has 2 rings (SSSR count). The molecule has 0 bridgehead atoms. The first kappa shape index (κ1) is 14.4. The Balaban J connectivity index is 2.43. The van der Waals surface area contributed by atoms with Crippen LogP contribution in [0.3, 0.4) is 0 Å². The Bertz CT molecular complexity index is 620. The molecule has 0 N–H and O–H groups in total. The topological polar surface area (TPSA) is 35.0 Å². The second-order valence-electron chi connectivity index (χ2n) is 3.87. The first-order valence-electron chi connectivity index (χ1n) is 5.53. The highest BCUT2D eigenvalue weighted by Crippen LogP contribution is 2.39. The lowest BCUT2D eigenvalue weighted by molar-refractivity contribution is 0.383. The number of aryl methyl sites for hydroxylation is 2. The van der Waals surface area contributed by atoms with Crippen molar-refractivity contribution in [3.05, 3.63) is 39.8 Å². The first-order chi connectivity index (χ1) is 9.01. The van der Waals surface area contributed by atoms with Gasteiger partial charge < -0.3 is 4.74 Å². The average Bonchev–Trinajstić information content (AvgIpc) is 2.34. The summed E-state index contributed by atoms with van der Waals surface area (Å²) in [7, 11) is 1.59. The summed E-state index contributed by atoms with van der Waals surface area (Å²) in [4.78, 5) is 10.4. The van der Waals surface area contributed by atoms with Crippen LogP contribution in [-0.4, -0.2) is 17.1 Å². The Morgan fingerprint density at radius 2 is 1.89 bits per heavy atom. The average molecular weight is 315 g/mol. The van der Waals surface area contributed by atoms with Crippen LogP contribution in [0.5, 0.6) is 5.88 Å². The molecule has 3 nitrogen and oxygen atoms in total. The van der Waals surface area contributed by atoms with Gasteiger partial charge in [0, 0.05) is 9.92 Å². The lowest BCUT2D eigenvalue weighted by Crippen LogP contribution is -1.99. The van der Waals surface area contributed by atoms with Crippen LogP contribution < -0.4 is 4.74 Å². The van der Waals surface area contributed by atoms with Gasteiger partial charge in [-0.05, 0) is 32.0 Å². The predicted molar refractivity (Wildman–Crippen MR) is 78.6 cm³/mol. The van der Waals surface area contributed by atoms with E-state index < -0.39 is 0 Å². The van der Waals surface area contributed by atoms with Crippen molar-refractivity contribution in [2.75, 3.05) is 7.11 Å². The molecule has 0 saturated carbocycles. The standard InChI is InChI=1S/C13H12Cl2N2OS/c1-7-12(13(18-3)17-8(2)16-7)19-11-5-4-9(14)6-10(11)15/h4-6H,1-3H3. The summed E-state index contributed by atoms with van der Waals surface area (Å²) in [6.45, 7) is 3.75. The minimum atomic E-state index is 0.556. The monoisotopic (exact) mass is 314 g/mol. The van der Waals surface area contributed by atoms with E-state index in [1.807, 2.05) is 19.9 Å². The van der Waals surface area contributed by atoms with Crippen LogP contribution >= 0.6 is 35.0 Å². The van der Waals surface area contributed by atoms with Gasteiger partial charge >= 0.3 is 0 Å². The van der Waals surface area contributed by atoms with E-state index >= 15 is 0 Å². The van der Waals surface area contributed by atoms with Gasteiger partial charge in [-0.1, -0.05) is 35.0 Å². The molecular weight excluding hydrogens is 303 g/mol. The Morgan fingerprint density at radius 3 is 2.53 bits per heavy atom. The molecule has 19 heavy (non-hydrogen) atoms. The summed E-state index contributed by atoms with van der Waals surface area (Å²) in [5, 5.41) is 1.21. The van der Waals surface area contributed by atoms with Gasteiger partial charge in [0.05, 0.1) is 22.7 Å². The third-order valence-corrected chi connectivity index (χ3v) is 4.32. The zero-order chi connectivity index (χ0) is 14.0. The summed E-state index contributed by atoms with van der Waals surface area (Å²) in [6.07, 6.45) is 0. The molecule has 0 aliphatic rings. The smallest absolute Gasteiger partial charge is 0.231 e. The van der Waals surface area contributed by atoms with Gasteiger partial charge in [0.25, 0.3) is 0 Å². The number of methoxy groups -OCH3 is 1. The van der Waals surface area contributed by atoms with E-state index in [4.69, 9.17) is 27.9 Å². The fourth-order valence-corrected chi connectivity index (χ4v) is 3.04. The van der Waals surface area contributed by atoms with Crippen molar-refractivity contribution in [3.63, 3.8) is 0 Å². The summed E-state index contributed by atoms with van der Waals surface area (Å²) in [5.41, 5.74) is 0.861. The van der Waals surface area contributed by atoms with Crippen molar-refractivity contribution in [1.82, 2.24) is 9.97 Å². The fraction of sp³-hybridized carbons (Fsp3) is 0.231. The molecule has 0 fully saturated rings. The molecule has 0 unspecified atom stereocenters. The van der Waals surface area contributed by atoms with E-state index in [0.717, 1.165) is 15.5 Å². The van der Waals surface area contributed by atoms with Crippen molar-refractivity contribution >= 4 is 35.0 Å². The second kappa shape index (κ2) is 5.99. The lowest BCUT2D eigenvalue weighted by atomic mass is 10.4. The number of ether oxygens (including phenoxy) is 1. The molecule has 1 heterocycles. The summed E-state index contributed by atoms with van der Waals surface area (Å²) in [6, 6.07) is 5.38. The summed E-state index contributed by atoms with van der Waals surface area (Å²) < 4.78 is 5.30. The minimum absolute atomic E-state index is 0.556. The molecule has 0 aliphatic carbocycles. The molecule has 0 amide bonds. The SMILES string of the molecule is COc1nc(C)nc(C)c1Sc1ccc(Cl)cc1Cl. The van der Waals surface area contributed by atoms with Gasteiger partial charge in [0.15, 0.2) is 0 Å². The van der Waals surface area contributed by atoms with E-state index in [1.54, 1.807) is 19.2 Å². The van der Waals surface area contributed by atoms with Crippen molar-refractivity contribution in [2.24, 2.45) is 0 Å². The zero-order valence-corrected chi connectivity index (χ0v) is 13.0. The number of halogens is 2. The Kier molecular flexibility index (Phi) is 4.55. The van der Waals surface area contributed by atoms with Gasteiger partial charge in [-0.25, -0.2) is 4.98 Å². The molecule has 0 radical (unpaired) electrons. The largest absolute Gasteiger partial charge is 0.480 e. The Morgan fingerprint density at radius 1 is 1.16 bits per heavy atom. The van der Waals surface area contributed by atoms with Crippen molar-refractivity contribution in [2.45, 2.75) is 23.6 Å². The van der Waals surface area contributed by atoms with E-state index in [0.29, 0.717) is 21.7 Å². The molecule has 2 aromatic rings. The molecule has 0 aliphatic heterocycles. The normalized spacial score (nSPS) is 10.6. The quantitative estimate of drug-likeness (QED) is 0.831. The number of nitrogens with zero attached hydrogens (tertiary/aromatic N) is 2. The third kappa shape index (κ3) is 3.32. The minimum Gasteiger partial charge on any atom is -0.480 e. The Hall–Kier alpha value is -0.970. The third-order valence-electron chi connectivity index (χ3n) is 2.42. The first-order valence-corrected chi connectivity index (χ1v) is 7.10. The maximum Gasteiger partial charge on any atom is 0.231 e. The number of rotatable bonds is 3. The molecule has 0 spiro atoms. The van der Waals surface area contributed by atoms with Gasteiger partial charge in [-0.15, -0.1) is 0 Å². The second-order valence-corrected chi connectivity index (χ2v) is 5.77. The van der Waals surface area contributed by atoms with Gasteiger partial charge in [-0.2, -0.15) is 4.98 Å². The lowest BCUT2D eigenvalue weighted by Gasteiger charge is -2.11. The highest BCUT2D eigenvalue weighted by Gasteiger charge is 2.14. The van der Waals surface area contributed by atoms with Crippen LogP contribution in [0.2, 0.25) is 10.0 Å². The molecular formula is C13H12Cl2N2OS. The molecule has 1 aromatic carbocycles. The number of hydrogen-bond acceptors (Lipinski definition) is 4. The van der Waals surface area contributed by atoms with Crippen LogP contribution in [0.25, 0.3) is 0 Å².